The van der Waals surface area contributed by atoms with Crippen LogP contribution < -0.4 is 4.90 Å². The molecule has 0 atom stereocenters. The van der Waals surface area contributed by atoms with Gasteiger partial charge in [-0.1, -0.05) is 30.3 Å². The van der Waals surface area contributed by atoms with E-state index in [4.69, 9.17) is 0 Å². The van der Waals surface area contributed by atoms with Crippen molar-refractivity contribution in [1.82, 2.24) is 9.47 Å². The SMILES string of the molecule is O=C(CCn1ccc2ccccc21)N1CCN(c2ccccc2O)CC1. The molecule has 0 radical (unpaired) electrons. The number of aromatic hydroxyl groups is 1. The summed E-state index contributed by atoms with van der Waals surface area (Å²) in [7, 11) is 0. The fraction of sp³-hybridized carbons (Fsp3) is 0.286. The highest BCUT2D eigenvalue weighted by atomic mass is 16.3. The lowest BCUT2D eigenvalue weighted by atomic mass is 10.2. The van der Waals surface area contributed by atoms with E-state index < -0.39 is 0 Å². The monoisotopic (exact) mass is 349 g/mol. The predicted octanol–water partition coefficient (Wildman–Crippen LogP) is 3.09. The van der Waals surface area contributed by atoms with Crippen LogP contribution in [0.4, 0.5) is 5.69 Å². The van der Waals surface area contributed by atoms with E-state index in [2.05, 4.69) is 27.7 Å². The number of amides is 1. The van der Waals surface area contributed by atoms with Gasteiger partial charge in [0.2, 0.25) is 5.91 Å². The van der Waals surface area contributed by atoms with Gasteiger partial charge in [0.1, 0.15) is 5.75 Å². The normalized spacial score (nSPS) is 14.8. The lowest BCUT2D eigenvalue weighted by molar-refractivity contribution is -0.131. The van der Waals surface area contributed by atoms with Gasteiger partial charge < -0.3 is 19.5 Å². The van der Waals surface area contributed by atoms with Gasteiger partial charge >= 0.3 is 0 Å². The van der Waals surface area contributed by atoms with Crippen LogP contribution in [-0.2, 0) is 11.3 Å². The zero-order chi connectivity index (χ0) is 17.9. The van der Waals surface area contributed by atoms with Crippen LogP contribution >= 0.6 is 0 Å². The molecule has 1 fully saturated rings. The molecule has 5 heteroatoms. The molecule has 1 aliphatic rings. The van der Waals surface area contributed by atoms with Crippen LogP contribution in [0.5, 0.6) is 5.75 Å². The van der Waals surface area contributed by atoms with Crippen molar-refractivity contribution in [3.8, 4) is 5.75 Å². The fourth-order valence-corrected chi connectivity index (χ4v) is 3.64. The molecule has 134 valence electrons. The van der Waals surface area contributed by atoms with Crippen molar-refractivity contribution in [3.63, 3.8) is 0 Å². The average molecular weight is 349 g/mol. The third-order valence-corrected chi connectivity index (χ3v) is 5.10. The summed E-state index contributed by atoms with van der Waals surface area (Å²) in [6, 6.07) is 17.7. The fourth-order valence-electron chi connectivity index (χ4n) is 3.64. The zero-order valence-electron chi connectivity index (χ0n) is 14.7. The van der Waals surface area contributed by atoms with Crippen molar-refractivity contribution in [1.29, 1.82) is 0 Å². The molecule has 4 rings (SSSR count). The Morgan fingerprint density at radius 3 is 2.46 bits per heavy atom. The number of carbonyl (C=O) groups excluding carboxylic acids is 1. The molecule has 1 aromatic heterocycles. The molecular weight excluding hydrogens is 326 g/mol. The number of aromatic nitrogens is 1. The molecule has 1 N–H and O–H groups in total. The quantitative estimate of drug-likeness (QED) is 0.787. The number of anilines is 1. The maximum atomic E-state index is 12.6. The lowest BCUT2D eigenvalue weighted by Crippen LogP contribution is -2.49. The summed E-state index contributed by atoms with van der Waals surface area (Å²) in [6.07, 6.45) is 2.56. The highest BCUT2D eigenvalue weighted by molar-refractivity contribution is 5.80. The molecule has 0 unspecified atom stereocenters. The molecule has 0 aliphatic carbocycles. The first-order valence-electron chi connectivity index (χ1n) is 9.07. The number of nitrogens with zero attached hydrogens (tertiary/aromatic N) is 3. The topological polar surface area (TPSA) is 48.7 Å². The highest BCUT2D eigenvalue weighted by Gasteiger charge is 2.22. The van der Waals surface area contributed by atoms with Gasteiger partial charge in [-0.3, -0.25) is 4.79 Å². The van der Waals surface area contributed by atoms with Crippen molar-refractivity contribution in [2.24, 2.45) is 0 Å². The van der Waals surface area contributed by atoms with Crippen molar-refractivity contribution in [2.75, 3.05) is 31.1 Å². The van der Waals surface area contributed by atoms with E-state index in [1.807, 2.05) is 41.4 Å². The Balaban J connectivity index is 1.33. The first kappa shape index (κ1) is 16.5. The average Bonchev–Trinajstić information content (AvgIpc) is 3.10. The van der Waals surface area contributed by atoms with Crippen molar-refractivity contribution in [3.05, 3.63) is 60.8 Å². The summed E-state index contributed by atoms with van der Waals surface area (Å²) in [5.41, 5.74) is 2.02. The summed E-state index contributed by atoms with van der Waals surface area (Å²) in [5.74, 6) is 0.492. The molecular formula is C21H23N3O2. The predicted molar refractivity (Wildman–Crippen MR) is 103 cm³/mol. The minimum absolute atomic E-state index is 0.194. The molecule has 0 saturated carbocycles. The van der Waals surface area contributed by atoms with E-state index in [9.17, 15) is 9.90 Å². The number of carbonyl (C=O) groups is 1. The first-order valence-corrected chi connectivity index (χ1v) is 9.07. The van der Waals surface area contributed by atoms with Crippen LogP contribution in [0.15, 0.2) is 60.8 Å². The number of rotatable bonds is 4. The van der Waals surface area contributed by atoms with Crippen molar-refractivity contribution >= 4 is 22.5 Å². The second-order valence-corrected chi connectivity index (χ2v) is 6.67. The van der Waals surface area contributed by atoms with E-state index in [1.165, 1.54) is 10.9 Å². The summed E-state index contributed by atoms with van der Waals surface area (Å²) in [4.78, 5) is 16.7. The third kappa shape index (κ3) is 3.25. The molecule has 0 spiro atoms. The summed E-state index contributed by atoms with van der Waals surface area (Å²) < 4.78 is 2.14. The lowest BCUT2D eigenvalue weighted by Gasteiger charge is -2.36. The van der Waals surface area contributed by atoms with Crippen LogP contribution in [0.1, 0.15) is 6.42 Å². The third-order valence-electron chi connectivity index (χ3n) is 5.10. The number of para-hydroxylation sites is 3. The Hall–Kier alpha value is -2.95. The summed E-state index contributed by atoms with van der Waals surface area (Å²) >= 11 is 0. The van der Waals surface area contributed by atoms with E-state index in [1.54, 1.807) is 6.07 Å². The Kier molecular flexibility index (Phi) is 4.52. The summed E-state index contributed by atoms with van der Waals surface area (Å²) in [6.45, 7) is 3.58. The number of benzene rings is 2. The van der Waals surface area contributed by atoms with Gasteiger partial charge in [0, 0.05) is 50.9 Å². The van der Waals surface area contributed by atoms with Crippen LogP contribution in [0, 0.1) is 0 Å². The molecule has 26 heavy (non-hydrogen) atoms. The van der Waals surface area contributed by atoms with Crippen LogP contribution in [-0.4, -0.2) is 46.7 Å². The smallest absolute Gasteiger partial charge is 0.224 e. The zero-order valence-corrected chi connectivity index (χ0v) is 14.7. The molecule has 3 aromatic rings. The Bertz CT molecular complexity index is 910. The Morgan fingerprint density at radius 1 is 0.923 bits per heavy atom. The minimum Gasteiger partial charge on any atom is -0.506 e. The van der Waals surface area contributed by atoms with Crippen LogP contribution in [0.25, 0.3) is 10.9 Å². The molecule has 2 heterocycles. The van der Waals surface area contributed by atoms with E-state index in [0.717, 1.165) is 18.8 Å². The number of hydrogen-bond acceptors (Lipinski definition) is 3. The highest BCUT2D eigenvalue weighted by Crippen LogP contribution is 2.27. The minimum atomic E-state index is 0.194. The van der Waals surface area contributed by atoms with E-state index in [-0.39, 0.29) is 5.91 Å². The van der Waals surface area contributed by atoms with Gasteiger partial charge in [-0.25, -0.2) is 0 Å². The van der Waals surface area contributed by atoms with Gasteiger partial charge in [-0.2, -0.15) is 0 Å². The van der Waals surface area contributed by atoms with Gasteiger partial charge in [0.05, 0.1) is 5.69 Å². The first-order chi connectivity index (χ1) is 12.7. The van der Waals surface area contributed by atoms with Gasteiger partial charge in [0.15, 0.2) is 0 Å². The van der Waals surface area contributed by atoms with E-state index in [0.29, 0.717) is 31.8 Å². The number of piperazine rings is 1. The molecule has 5 nitrogen and oxygen atoms in total. The molecule has 2 aromatic carbocycles. The Morgan fingerprint density at radius 2 is 1.65 bits per heavy atom. The van der Waals surface area contributed by atoms with E-state index >= 15 is 0 Å². The molecule has 1 aliphatic heterocycles. The largest absolute Gasteiger partial charge is 0.506 e. The molecule has 0 bridgehead atoms. The van der Waals surface area contributed by atoms with Gasteiger partial charge in [-0.05, 0) is 29.7 Å². The molecule has 1 saturated heterocycles. The van der Waals surface area contributed by atoms with Crippen molar-refractivity contribution in [2.45, 2.75) is 13.0 Å². The van der Waals surface area contributed by atoms with Crippen LogP contribution in [0.2, 0.25) is 0 Å². The number of hydrogen-bond donors (Lipinski definition) is 1. The standard InChI is InChI=1S/C21H23N3O2/c25-20-8-4-3-7-19(20)23-13-15-24(16-14-23)21(26)10-12-22-11-9-17-5-1-2-6-18(17)22/h1-9,11,25H,10,12-16H2. The number of aryl methyl sites for hydroxylation is 1. The van der Waals surface area contributed by atoms with Gasteiger partial charge in [-0.15, -0.1) is 0 Å². The number of fused-ring (bicyclic) bond motifs is 1. The second-order valence-electron chi connectivity index (χ2n) is 6.67. The van der Waals surface area contributed by atoms with Gasteiger partial charge in [0.25, 0.3) is 0 Å². The summed E-state index contributed by atoms with van der Waals surface area (Å²) in [5, 5.41) is 11.2. The molecule has 1 amide bonds. The van der Waals surface area contributed by atoms with Crippen molar-refractivity contribution < 1.29 is 9.90 Å². The number of phenolic OH excluding ortho intramolecular Hbond substituents is 1. The number of phenols is 1. The van der Waals surface area contributed by atoms with Crippen LogP contribution in [0.3, 0.4) is 0 Å². The maximum absolute atomic E-state index is 12.6. The maximum Gasteiger partial charge on any atom is 0.224 e. The second kappa shape index (κ2) is 7.12. The Labute approximate surface area is 153 Å².